The topological polar surface area (TPSA) is 84.9 Å². The zero-order chi connectivity index (χ0) is 24.9. The molecule has 1 fully saturated rings. The second kappa shape index (κ2) is 10.7. The van der Waals surface area contributed by atoms with Gasteiger partial charge in [0, 0.05) is 39.3 Å². The van der Waals surface area contributed by atoms with E-state index in [-0.39, 0.29) is 23.5 Å². The van der Waals surface area contributed by atoms with E-state index in [0.717, 1.165) is 16.4 Å². The lowest BCUT2D eigenvalue weighted by Crippen LogP contribution is -2.36. The number of methoxy groups -OCH3 is 2. The van der Waals surface area contributed by atoms with Crippen molar-refractivity contribution in [2.75, 3.05) is 40.5 Å². The molecule has 0 unspecified atom stereocenters. The van der Waals surface area contributed by atoms with E-state index in [2.05, 4.69) is 5.32 Å². The van der Waals surface area contributed by atoms with Gasteiger partial charge in [-0.2, -0.15) is 17.5 Å². The summed E-state index contributed by atoms with van der Waals surface area (Å²) in [5.41, 5.74) is -0.583. The highest BCUT2D eigenvalue weighted by molar-refractivity contribution is 7.89. The second-order valence-corrected chi connectivity index (χ2v) is 9.91. The lowest BCUT2D eigenvalue weighted by Gasteiger charge is -2.19. The minimum Gasteiger partial charge on any atom is -0.497 e. The predicted octanol–water partition coefficient (Wildman–Crippen LogP) is 3.27. The Bertz CT molecular complexity index is 1090. The molecule has 1 saturated heterocycles. The zero-order valence-corrected chi connectivity index (χ0v) is 19.7. The van der Waals surface area contributed by atoms with E-state index in [1.54, 1.807) is 0 Å². The maximum Gasteiger partial charge on any atom is 0.416 e. The van der Waals surface area contributed by atoms with Crippen LogP contribution in [0.25, 0.3) is 0 Å². The Morgan fingerprint density at radius 1 is 1.12 bits per heavy atom. The van der Waals surface area contributed by atoms with Gasteiger partial charge in [0.05, 0.1) is 23.5 Å². The Labute approximate surface area is 196 Å². The molecule has 2 aromatic carbocycles. The van der Waals surface area contributed by atoms with Crippen LogP contribution < -0.4 is 10.1 Å². The molecule has 2 aromatic rings. The minimum atomic E-state index is -4.55. The Morgan fingerprint density at radius 2 is 1.82 bits per heavy atom. The summed E-state index contributed by atoms with van der Waals surface area (Å²) in [6, 6.07) is 10.5. The third-order valence-corrected chi connectivity index (χ3v) is 7.63. The smallest absolute Gasteiger partial charge is 0.416 e. The Hall–Kier alpha value is -2.63. The van der Waals surface area contributed by atoms with Gasteiger partial charge in [0.2, 0.25) is 15.9 Å². The monoisotopic (exact) mass is 500 g/mol. The molecule has 186 valence electrons. The molecule has 0 radical (unpaired) electrons. The summed E-state index contributed by atoms with van der Waals surface area (Å²) < 4.78 is 77.6. The maximum absolute atomic E-state index is 13.3. The molecule has 1 amide bonds. The summed E-state index contributed by atoms with van der Waals surface area (Å²) >= 11 is 0. The van der Waals surface area contributed by atoms with Gasteiger partial charge in [-0.25, -0.2) is 8.42 Å². The van der Waals surface area contributed by atoms with Crippen LogP contribution >= 0.6 is 0 Å². The Morgan fingerprint density at radius 3 is 2.44 bits per heavy atom. The van der Waals surface area contributed by atoms with Crippen molar-refractivity contribution in [1.82, 2.24) is 9.62 Å². The first-order valence-corrected chi connectivity index (χ1v) is 12.1. The van der Waals surface area contributed by atoms with E-state index >= 15 is 0 Å². The van der Waals surface area contributed by atoms with Crippen molar-refractivity contribution in [3.05, 3.63) is 59.7 Å². The number of nitrogens with one attached hydrogen (secondary N) is 1. The van der Waals surface area contributed by atoms with Crippen LogP contribution in [0.4, 0.5) is 13.2 Å². The number of alkyl halides is 3. The summed E-state index contributed by atoms with van der Waals surface area (Å²) in [6.45, 7) is 0.473. The van der Waals surface area contributed by atoms with E-state index in [9.17, 15) is 26.4 Å². The van der Waals surface area contributed by atoms with Gasteiger partial charge in [0.15, 0.2) is 0 Å². The summed E-state index contributed by atoms with van der Waals surface area (Å²) in [6.07, 6.45) is -4.00. The molecule has 1 aliphatic rings. The number of amides is 1. The molecule has 0 saturated carbocycles. The maximum atomic E-state index is 13.3. The number of carbonyl (C=O) groups excluding carboxylic acids is 1. The number of carbonyl (C=O) groups is 1. The highest BCUT2D eigenvalue weighted by Crippen LogP contribution is 2.38. The fourth-order valence-corrected chi connectivity index (χ4v) is 5.46. The van der Waals surface area contributed by atoms with Crippen LogP contribution in [-0.4, -0.2) is 59.1 Å². The van der Waals surface area contributed by atoms with Crippen LogP contribution in [0.3, 0.4) is 0 Å². The lowest BCUT2D eigenvalue weighted by atomic mass is 9.87. The average Bonchev–Trinajstić information content (AvgIpc) is 3.28. The van der Waals surface area contributed by atoms with Crippen LogP contribution in [0.2, 0.25) is 0 Å². The van der Waals surface area contributed by atoms with E-state index in [0.29, 0.717) is 25.3 Å². The number of benzene rings is 2. The fraction of sp³-hybridized carbons (Fsp3) is 0.435. The molecule has 1 aliphatic heterocycles. The molecule has 1 heterocycles. The minimum absolute atomic E-state index is 0.0113. The number of sulfonamides is 1. The first-order chi connectivity index (χ1) is 16.1. The van der Waals surface area contributed by atoms with Gasteiger partial charge in [-0.3, -0.25) is 4.79 Å². The molecular weight excluding hydrogens is 473 g/mol. The van der Waals surface area contributed by atoms with Crippen LogP contribution in [0.1, 0.15) is 23.5 Å². The first-order valence-electron chi connectivity index (χ1n) is 10.7. The summed E-state index contributed by atoms with van der Waals surface area (Å²) in [5.74, 6) is -1.52. The standard InChI is InChI=1S/C23H27F3N2O5S/c1-32-12-4-11-27-22(29)21-15-28(34(30,31)19-9-7-18(33-2)8-10-19)14-20(21)16-5-3-6-17(13-16)23(24,25)26/h3,5-10,13,20-21H,4,11-12,14-15H2,1-2H3,(H,27,29)/t20-,21-/m1/s1. The molecule has 0 spiro atoms. The molecule has 0 bridgehead atoms. The van der Waals surface area contributed by atoms with E-state index in [4.69, 9.17) is 9.47 Å². The third-order valence-electron chi connectivity index (χ3n) is 5.79. The van der Waals surface area contributed by atoms with Gasteiger partial charge < -0.3 is 14.8 Å². The number of ether oxygens (including phenoxy) is 2. The molecule has 2 atom stereocenters. The number of halogens is 3. The van der Waals surface area contributed by atoms with Crippen LogP contribution in [0.15, 0.2) is 53.4 Å². The number of rotatable bonds is 9. The Balaban J connectivity index is 1.91. The normalized spacial score (nSPS) is 19.2. The van der Waals surface area contributed by atoms with Gasteiger partial charge in [-0.15, -0.1) is 0 Å². The van der Waals surface area contributed by atoms with Crippen LogP contribution in [-0.2, 0) is 25.7 Å². The van der Waals surface area contributed by atoms with E-state index in [1.165, 1.54) is 50.6 Å². The largest absolute Gasteiger partial charge is 0.497 e. The SMILES string of the molecule is COCCCNC(=O)[C@@H]1CN(S(=O)(=O)c2ccc(OC)cc2)C[C@@H]1c1cccc(C(F)(F)F)c1. The molecule has 1 N–H and O–H groups in total. The molecule has 11 heteroatoms. The van der Waals surface area contributed by atoms with E-state index in [1.807, 2.05) is 0 Å². The van der Waals surface area contributed by atoms with Crippen LogP contribution in [0.5, 0.6) is 5.75 Å². The van der Waals surface area contributed by atoms with Crippen molar-refractivity contribution in [2.24, 2.45) is 5.92 Å². The van der Waals surface area contributed by atoms with Gasteiger partial charge in [0.25, 0.3) is 0 Å². The van der Waals surface area contributed by atoms with Crippen molar-refractivity contribution >= 4 is 15.9 Å². The number of nitrogens with zero attached hydrogens (tertiary/aromatic N) is 1. The summed E-state index contributed by atoms with van der Waals surface area (Å²) in [7, 11) is -0.993. The quantitative estimate of drug-likeness (QED) is 0.535. The fourth-order valence-electron chi connectivity index (χ4n) is 3.97. The van der Waals surface area contributed by atoms with Crippen molar-refractivity contribution in [3.63, 3.8) is 0 Å². The summed E-state index contributed by atoms with van der Waals surface area (Å²) in [5, 5.41) is 2.75. The van der Waals surface area contributed by atoms with Crippen molar-refractivity contribution < 1.29 is 35.9 Å². The molecule has 0 aliphatic carbocycles. The highest BCUT2D eigenvalue weighted by atomic mass is 32.2. The van der Waals surface area contributed by atoms with Crippen LogP contribution in [0, 0.1) is 5.92 Å². The number of hydrogen-bond acceptors (Lipinski definition) is 5. The Kier molecular flexibility index (Phi) is 8.21. The van der Waals surface area contributed by atoms with Crippen molar-refractivity contribution in [2.45, 2.75) is 23.4 Å². The molecule has 0 aromatic heterocycles. The van der Waals surface area contributed by atoms with Gasteiger partial charge in [-0.1, -0.05) is 18.2 Å². The highest BCUT2D eigenvalue weighted by Gasteiger charge is 2.44. The first kappa shape index (κ1) is 26.0. The molecule has 7 nitrogen and oxygen atoms in total. The zero-order valence-electron chi connectivity index (χ0n) is 18.8. The van der Waals surface area contributed by atoms with Crippen molar-refractivity contribution in [3.8, 4) is 5.75 Å². The van der Waals surface area contributed by atoms with Gasteiger partial charge in [0.1, 0.15) is 5.75 Å². The van der Waals surface area contributed by atoms with Gasteiger partial charge in [-0.05, 0) is 42.3 Å². The average molecular weight is 501 g/mol. The molecule has 34 heavy (non-hydrogen) atoms. The van der Waals surface area contributed by atoms with E-state index < -0.39 is 39.5 Å². The van der Waals surface area contributed by atoms with Crippen molar-refractivity contribution in [1.29, 1.82) is 0 Å². The lowest BCUT2D eigenvalue weighted by molar-refractivity contribution is -0.137. The molecule has 3 rings (SSSR count). The predicted molar refractivity (Wildman–Crippen MR) is 119 cm³/mol. The summed E-state index contributed by atoms with van der Waals surface area (Å²) in [4.78, 5) is 13.0. The molecular formula is C23H27F3N2O5S. The number of hydrogen-bond donors (Lipinski definition) is 1. The second-order valence-electron chi connectivity index (χ2n) is 7.97. The van der Waals surface area contributed by atoms with Gasteiger partial charge >= 0.3 is 6.18 Å². The third kappa shape index (κ3) is 5.89.